The van der Waals surface area contributed by atoms with Gasteiger partial charge in [0.15, 0.2) is 5.13 Å². The van der Waals surface area contributed by atoms with Crippen LogP contribution in [0.5, 0.6) is 0 Å². The van der Waals surface area contributed by atoms with Crippen LogP contribution in [0.1, 0.15) is 37.6 Å². The van der Waals surface area contributed by atoms with E-state index in [4.69, 9.17) is 0 Å². The van der Waals surface area contributed by atoms with E-state index in [1.807, 2.05) is 5.38 Å². The molecule has 2 heterocycles. The van der Waals surface area contributed by atoms with E-state index in [1.54, 1.807) is 11.3 Å². The van der Waals surface area contributed by atoms with E-state index >= 15 is 0 Å². The third-order valence-corrected chi connectivity index (χ3v) is 5.02. The van der Waals surface area contributed by atoms with Crippen molar-refractivity contribution in [3.63, 3.8) is 0 Å². The fourth-order valence-corrected chi connectivity index (χ4v) is 3.60. The molecule has 0 aliphatic rings. The number of carbonyl (C=O) groups excluding carboxylic acids is 1. The van der Waals surface area contributed by atoms with Gasteiger partial charge in [-0.3, -0.25) is 4.79 Å². The summed E-state index contributed by atoms with van der Waals surface area (Å²) in [6, 6.07) is 8.89. The van der Waals surface area contributed by atoms with Gasteiger partial charge in [-0.15, -0.1) is 11.3 Å². The highest BCUT2D eigenvalue weighted by atomic mass is 32.1. The number of fused-ring (bicyclic) bond motifs is 1. The highest BCUT2D eigenvalue weighted by molar-refractivity contribution is 7.13. The van der Waals surface area contributed by atoms with Gasteiger partial charge in [-0.2, -0.15) is 0 Å². The Morgan fingerprint density at radius 2 is 2.16 bits per heavy atom. The molecule has 6 heteroatoms. The lowest BCUT2D eigenvalue weighted by Crippen LogP contribution is -2.02. The SMILES string of the molecule is COC(=O)CCc1csc(NCc2cn(C(C)C)c3ccccc23)n1. The molecule has 0 saturated heterocycles. The average Bonchev–Trinajstić information content (AvgIpc) is 3.22. The molecule has 0 unspecified atom stereocenters. The standard InChI is InChI=1S/C19H23N3O2S/c1-13(2)22-11-14(16-6-4-5-7-17(16)22)10-20-19-21-15(12-25-19)8-9-18(23)24-3/h4-7,11-13H,8-10H2,1-3H3,(H,20,21). The van der Waals surface area contributed by atoms with Crippen molar-refractivity contribution in [2.75, 3.05) is 12.4 Å². The Hall–Kier alpha value is -2.34. The predicted molar refractivity (Wildman–Crippen MR) is 102 cm³/mol. The summed E-state index contributed by atoms with van der Waals surface area (Å²) >= 11 is 1.57. The first-order valence-corrected chi connectivity index (χ1v) is 9.30. The third-order valence-electron chi connectivity index (χ3n) is 4.17. The molecule has 5 nitrogen and oxygen atoms in total. The van der Waals surface area contributed by atoms with E-state index in [0.717, 1.165) is 17.4 Å². The minimum atomic E-state index is -0.205. The summed E-state index contributed by atoms with van der Waals surface area (Å²) in [7, 11) is 1.41. The molecule has 0 amide bonds. The van der Waals surface area contributed by atoms with Crippen LogP contribution in [0.3, 0.4) is 0 Å². The van der Waals surface area contributed by atoms with Crippen molar-refractivity contribution in [2.24, 2.45) is 0 Å². The molecule has 0 saturated carbocycles. The number of thiazole rings is 1. The zero-order chi connectivity index (χ0) is 17.8. The maximum absolute atomic E-state index is 11.2. The molecule has 3 aromatic rings. The average molecular weight is 357 g/mol. The molecule has 1 N–H and O–H groups in total. The van der Waals surface area contributed by atoms with Crippen LogP contribution in [-0.4, -0.2) is 22.6 Å². The first-order chi connectivity index (χ1) is 12.1. The maximum atomic E-state index is 11.2. The second kappa shape index (κ2) is 7.70. The summed E-state index contributed by atoms with van der Waals surface area (Å²) in [5.74, 6) is -0.205. The number of benzene rings is 1. The molecule has 0 atom stereocenters. The van der Waals surface area contributed by atoms with Crippen LogP contribution in [-0.2, 0) is 22.5 Å². The van der Waals surface area contributed by atoms with E-state index < -0.39 is 0 Å². The normalized spacial score (nSPS) is 11.2. The van der Waals surface area contributed by atoms with Crippen LogP contribution in [0, 0.1) is 0 Å². The summed E-state index contributed by atoms with van der Waals surface area (Å²) in [5, 5.41) is 7.54. The Bertz CT molecular complexity index is 867. The van der Waals surface area contributed by atoms with Gasteiger partial charge in [-0.05, 0) is 25.5 Å². The number of hydrogen-bond donors (Lipinski definition) is 1. The topological polar surface area (TPSA) is 56.1 Å². The van der Waals surface area contributed by atoms with Crippen molar-refractivity contribution in [3.05, 3.63) is 47.1 Å². The highest BCUT2D eigenvalue weighted by Crippen LogP contribution is 2.26. The second-order valence-corrected chi connectivity index (χ2v) is 7.10. The Balaban J connectivity index is 1.69. The number of aromatic nitrogens is 2. The Morgan fingerprint density at radius 3 is 2.92 bits per heavy atom. The van der Waals surface area contributed by atoms with E-state index in [-0.39, 0.29) is 5.97 Å². The largest absolute Gasteiger partial charge is 0.469 e. The number of esters is 1. The Labute approximate surface area is 151 Å². The van der Waals surface area contributed by atoms with Crippen molar-refractivity contribution < 1.29 is 9.53 Å². The quantitative estimate of drug-likeness (QED) is 0.637. The lowest BCUT2D eigenvalue weighted by Gasteiger charge is -2.08. The van der Waals surface area contributed by atoms with E-state index in [9.17, 15) is 4.79 Å². The first-order valence-electron chi connectivity index (χ1n) is 8.42. The minimum Gasteiger partial charge on any atom is -0.469 e. The third kappa shape index (κ3) is 4.02. The number of nitrogens with one attached hydrogen (secondary N) is 1. The summed E-state index contributed by atoms with van der Waals surface area (Å²) < 4.78 is 6.97. The summed E-state index contributed by atoms with van der Waals surface area (Å²) in [4.78, 5) is 15.8. The number of nitrogens with zero attached hydrogens (tertiary/aromatic N) is 2. The van der Waals surface area contributed by atoms with Crippen LogP contribution in [0.15, 0.2) is 35.8 Å². The maximum Gasteiger partial charge on any atom is 0.305 e. The van der Waals surface area contributed by atoms with Gasteiger partial charge in [0.25, 0.3) is 0 Å². The van der Waals surface area contributed by atoms with Gasteiger partial charge >= 0.3 is 5.97 Å². The first kappa shape index (κ1) is 17.5. The number of para-hydroxylation sites is 1. The molecule has 0 spiro atoms. The zero-order valence-electron chi connectivity index (χ0n) is 14.8. The van der Waals surface area contributed by atoms with Gasteiger partial charge in [0.2, 0.25) is 0 Å². The molecule has 0 aliphatic heterocycles. The Morgan fingerprint density at radius 1 is 1.36 bits per heavy atom. The van der Waals surface area contributed by atoms with Gasteiger partial charge in [-0.1, -0.05) is 18.2 Å². The Kier molecular flexibility index (Phi) is 5.38. The fraction of sp³-hybridized carbons (Fsp3) is 0.368. The molecule has 132 valence electrons. The van der Waals surface area contributed by atoms with Gasteiger partial charge in [-0.25, -0.2) is 4.98 Å². The van der Waals surface area contributed by atoms with Gasteiger partial charge in [0.1, 0.15) is 0 Å². The lowest BCUT2D eigenvalue weighted by atomic mass is 10.2. The molecule has 0 fully saturated rings. The molecular formula is C19H23N3O2S. The van der Waals surface area contributed by atoms with Crippen LogP contribution in [0.4, 0.5) is 5.13 Å². The predicted octanol–water partition coefficient (Wildman–Crippen LogP) is 4.40. The number of methoxy groups -OCH3 is 1. The monoisotopic (exact) mass is 357 g/mol. The lowest BCUT2D eigenvalue weighted by molar-refractivity contribution is -0.140. The summed E-state index contributed by atoms with van der Waals surface area (Å²) in [6.07, 6.45) is 3.19. The number of hydrogen-bond acceptors (Lipinski definition) is 5. The van der Waals surface area contributed by atoms with Crippen LogP contribution < -0.4 is 5.32 Å². The number of aryl methyl sites for hydroxylation is 1. The molecule has 3 rings (SSSR count). The summed E-state index contributed by atoms with van der Waals surface area (Å²) in [6.45, 7) is 5.11. The van der Waals surface area contributed by atoms with Crippen molar-refractivity contribution >= 4 is 33.3 Å². The van der Waals surface area contributed by atoms with Crippen molar-refractivity contribution in [1.29, 1.82) is 0 Å². The highest BCUT2D eigenvalue weighted by Gasteiger charge is 2.11. The smallest absolute Gasteiger partial charge is 0.305 e. The van der Waals surface area contributed by atoms with Crippen LogP contribution in [0.2, 0.25) is 0 Å². The van der Waals surface area contributed by atoms with Crippen molar-refractivity contribution in [2.45, 2.75) is 39.3 Å². The van der Waals surface area contributed by atoms with E-state index in [2.05, 4.69) is 63.9 Å². The molecule has 2 aromatic heterocycles. The van der Waals surface area contributed by atoms with Crippen molar-refractivity contribution in [3.8, 4) is 0 Å². The zero-order valence-corrected chi connectivity index (χ0v) is 15.6. The van der Waals surface area contributed by atoms with Gasteiger partial charge in [0.05, 0.1) is 19.2 Å². The van der Waals surface area contributed by atoms with Gasteiger partial charge < -0.3 is 14.6 Å². The number of ether oxygens (including phenoxy) is 1. The molecular weight excluding hydrogens is 334 g/mol. The minimum absolute atomic E-state index is 0.205. The van der Waals surface area contributed by atoms with Crippen molar-refractivity contribution in [1.82, 2.24) is 9.55 Å². The molecule has 0 radical (unpaired) electrons. The van der Waals surface area contributed by atoms with E-state index in [1.165, 1.54) is 23.6 Å². The van der Waals surface area contributed by atoms with Gasteiger partial charge in [0, 0.05) is 41.5 Å². The molecule has 0 aliphatic carbocycles. The van der Waals surface area contributed by atoms with Crippen LogP contribution in [0.25, 0.3) is 10.9 Å². The molecule has 0 bridgehead atoms. The number of rotatable bonds is 7. The summed E-state index contributed by atoms with van der Waals surface area (Å²) in [5.41, 5.74) is 3.44. The molecule has 25 heavy (non-hydrogen) atoms. The number of carbonyl (C=O) groups is 1. The van der Waals surface area contributed by atoms with Crippen LogP contribution >= 0.6 is 11.3 Å². The second-order valence-electron chi connectivity index (χ2n) is 6.25. The fourth-order valence-electron chi connectivity index (χ4n) is 2.85. The van der Waals surface area contributed by atoms with E-state index in [0.29, 0.717) is 18.9 Å². The number of anilines is 1. The molecule has 1 aromatic carbocycles.